The van der Waals surface area contributed by atoms with Crippen LogP contribution < -0.4 is 15.5 Å². The zero-order valence-electron chi connectivity index (χ0n) is 16.5. The number of nitrogens with zero attached hydrogens (tertiary/aromatic N) is 4. The van der Waals surface area contributed by atoms with Gasteiger partial charge >= 0.3 is 0 Å². The number of aromatic nitrogens is 1. The van der Waals surface area contributed by atoms with Gasteiger partial charge in [0.1, 0.15) is 5.82 Å². The zero-order chi connectivity index (χ0) is 17.9. The Morgan fingerprint density at radius 1 is 1.12 bits per heavy atom. The van der Waals surface area contributed by atoms with Gasteiger partial charge in [0.05, 0.1) is 0 Å². The molecule has 0 aromatic carbocycles. The van der Waals surface area contributed by atoms with Gasteiger partial charge in [-0.2, -0.15) is 0 Å². The quantitative estimate of drug-likeness (QED) is 0.263. The van der Waals surface area contributed by atoms with E-state index in [1.54, 1.807) is 0 Å². The van der Waals surface area contributed by atoms with Gasteiger partial charge < -0.3 is 20.4 Å². The molecule has 1 aromatic heterocycles. The number of guanidine groups is 1. The first-order valence-electron chi connectivity index (χ1n) is 9.63. The van der Waals surface area contributed by atoms with Gasteiger partial charge in [0, 0.05) is 52.5 Å². The summed E-state index contributed by atoms with van der Waals surface area (Å²) >= 11 is 0. The minimum atomic E-state index is 0. The summed E-state index contributed by atoms with van der Waals surface area (Å²) in [6.07, 6.45) is 5.64. The van der Waals surface area contributed by atoms with E-state index in [0.29, 0.717) is 0 Å². The van der Waals surface area contributed by atoms with Crippen LogP contribution in [0.15, 0.2) is 23.3 Å². The Bertz CT molecular complexity index is 511. The van der Waals surface area contributed by atoms with Gasteiger partial charge in [-0.25, -0.2) is 4.98 Å². The van der Waals surface area contributed by atoms with Crippen molar-refractivity contribution in [1.82, 2.24) is 20.5 Å². The fourth-order valence-corrected chi connectivity index (χ4v) is 2.99. The van der Waals surface area contributed by atoms with Crippen LogP contribution in [0.5, 0.6) is 0 Å². The average molecular weight is 474 g/mol. The molecule has 0 bridgehead atoms. The Morgan fingerprint density at radius 2 is 1.88 bits per heavy atom. The topological polar surface area (TPSA) is 55.8 Å². The smallest absolute Gasteiger partial charge is 0.191 e. The van der Waals surface area contributed by atoms with Crippen LogP contribution in [0.4, 0.5) is 5.82 Å². The van der Waals surface area contributed by atoms with Crippen LogP contribution in [0.3, 0.4) is 0 Å². The first-order chi connectivity index (χ1) is 12.3. The molecule has 1 aliphatic rings. The Balaban J connectivity index is 0.00000338. The Kier molecular flexibility index (Phi) is 11.6. The van der Waals surface area contributed by atoms with Crippen molar-refractivity contribution in [3.05, 3.63) is 23.9 Å². The number of piperazine rings is 1. The van der Waals surface area contributed by atoms with E-state index in [4.69, 9.17) is 0 Å². The lowest BCUT2D eigenvalue weighted by molar-refractivity contribution is 0.270. The summed E-state index contributed by atoms with van der Waals surface area (Å²) in [6, 6.07) is 4.29. The Hall–Kier alpha value is -1.09. The number of hydrogen-bond donors (Lipinski definition) is 2. The van der Waals surface area contributed by atoms with Crippen LogP contribution in [0.2, 0.25) is 0 Å². The monoisotopic (exact) mass is 474 g/mol. The zero-order valence-corrected chi connectivity index (χ0v) is 18.8. The van der Waals surface area contributed by atoms with Crippen molar-refractivity contribution in [3.63, 3.8) is 0 Å². The molecule has 1 saturated heterocycles. The molecule has 0 spiro atoms. The number of unbranched alkanes of at least 4 members (excludes halogenated alkanes) is 2. The molecule has 1 aromatic rings. The van der Waals surface area contributed by atoms with E-state index in [2.05, 4.69) is 56.4 Å². The van der Waals surface area contributed by atoms with Crippen molar-refractivity contribution < 1.29 is 0 Å². The van der Waals surface area contributed by atoms with Crippen molar-refractivity contribution in [1.29, 1.82) is 0 Å². The fourth-order valence-electron chi connectivity index (χ4n) is 2.99. The number of nitrogens with one attached hydrogen (secondary N) is 2. The Morgan fingerprint density at radius 3 is 2.46 bits per heavy atom. The molecular weight excluding hydrogens is 439 g/mol. The van der Waals surface area contributed by atoms with Gasteiger partial charge in [-0.15, -0.1) is 24.0 Å². The van der Waals surface area contributed by atoms with E-state index >= 15 is 0 Å². The highest BCUT2D eigenvalue weighted by atomic mass is 127. The predicted octanol–water partition coefficient (Wildman–Crippen LogP) is 2.70. The van der Waals surface area contributed by atoms with Crippen LogP contribution in [0.25, 0.3) is 0 Å². The van der Waals surface area contributed by atoms with Crippen molar-refractivity contribution in [2.45, 2.75) is 39.7 Å². The minimum Gasteiger partial charge on any atom is -0.356 e. The molecule has 0 radical (unpaired) electrons. The number of pyridine rings is 1. The van der Waals surface area contributed by atoms with E-state index in [-0.39, 0.29) is 24.0 Å². The molecule has 1 fully saturated rings. The Labute approximate surface area is 175 Å². The summed E-state index contributed by atoms with van der Waals surface area (Å²) < 4.78 is 0. The molecule has 1 aliphatic heterocycles. The molecule has 0 atom stereocenters. The molecule has 0 unspecified atom stereocenters. The number of aliphatic imine (C=N–C) groups is 1. The van der Waals surface area contributed by atoms with E-state index in [1.165, 1.54) is 24.8 Å². The van der Waals surface area contributed by atoms with Crippen molar-refractivity contribution >= 4 is 35.8 Å². The first-order valence-corrected chi connectivity index (χ1v) is 9.63. The number of likely N-dealkylation sites (N-methyl/N-ethyl adjacent to an activating group) is 1. The third-order valence-electron chi connectivity index (χ3n) is 4.71. The van der Waals surface area contributed by atoms with Gasteiger partial charge in [0.15, 0.2) is 5.96 Å². The van der Waals surface area contributed by atoms with Gasteiger partial charge in [0.25, 0.3) is 0 Å². The van der Waals surface area contributed by atoms with Crippen LogP contribution >= 0.6 is 24.0 Å². The predicted molar refractivity (Wildman–Crippen MR) is 122 cm³/mol. The molecule has 148 valence electrons. The molecule has 0 amide bonds. The summed E-state index contributed by atoms with van der Waals surface area (Å²) in [7, 11) is 1.81. The second kappa shape index (κ2) is 13.1. The highest BCUT2D eigenvalue weighted by Gasteiger charge is 2.16. The maximum absolute atomic E-state index is 4.65. The maximum atomic E-state index is 4.65. The third-order valence-corrected chi connectivity index (χ3v) is 4.71. The van der Waals surface area contributed by atoms with E-state index in [9.17, 15) is 0 Å². The highest BCUT2D eigenvalue weighted by molar-refractivity contribution is 14.0. The lowest BCUT2D eigenvalue weighted by atomic mass is 10.2. The fraction of sp³-hybridized carbons (Fsp3) is 0.684. The van der Waals surface area contributed by atoms with Gasteiger partial charge in [-0.1, -0.05) is 32.8 Å². The maximum Gasteiger partial charge on any atom is 0.191 e. The van der Waals surface area contributed by atoms with E-state index < -0.39 is 0 Å². The molecular formula is C19H35IN6. The summed E-state index contributed by atoms with van der Waals surface area (Å²) in [5.41, 5.74) is 1.17. The summed E-state index contributed by atoms with van der Waals surface area (Å²) in [5.74, 6) is 1.94. The second-order valence-corrected chi connectivity index (χ2v) is 6.51. The molecule has 0 saturated carbocycles. The van der Waals surface area contributed by atoms with Crippen LogP contribution in [0.1, 0.15) is 38.7 Å². The number of halogens is 1. The van der Waals surface area contributed by atoms with Gasteiger partial charge in [-0.05, 0) is 24.6 Å². The third kappa shape index (κ3) is 7.65. The normalized spacial score (nSPS) is 15.5. The molecule has 2 rings (SSSR count). The standard InChI is InChI=1S/C19H34N6.HI/c1-4-6-7-10-21-19(20-3)23-16-17-8-9-18(22-15-17)25-13-11-24(5-2)12-14-25;/h8-9,15H,4-7,10-14,16H2,1-3H3,(H2,20,21,23);1H. The van der Waals surface area contributed by atoms with Gasteiger partial charge in [-0.3, -0.25) is 4.99 Å². The average Bonchev–Trinajstić information content (AvgIpc) is 2.68. The number of anilines is 1. The lowest BCUT2D eigenvalue weighted by Gasteiger charge is -2.34. The van der Waals surface area contributed by atoms with Crippen LogP contribution in [-0.2, 0) is 6.54 Å². The molecule has 7 heteroatoms. The van der Waals surface area contributed by atoms with Crippen LogP contribution in [-0.4, -0.2) is 62.2 Å². The minimum absolute atomic E-state index is 0. The van der Waals surface area contributed by atoms with E-state index in [1.807, 2.05) is 13.2 Å². The molecule has 2 heterocycles. The van der Waals surface area contributed by atoms with Crippen LogP contribution in [0, 0.1) is 0 Å². The molecule has 6 nitrogen and oxygen atoms in total. The second-order valence-electron chi connectivity index (χ2n) is 6.51. The number of hydrogen-bond acceptors (Lipinski definition) is 4. The lowest BCUT2D eigenvalue weighted by Crippen LogP contribution is -2.46. The largest absolute Gasteiger partial charge is 0.356 e. The summed E-state index contributed by atoms with van der Waals surface area (Å²) in [6.45, 7) is 11.7. The van der Waals surface area contributed by atoms with Crippen molar-refractivity contribution in [2.24, 2.45) is 4.99 Å². The molecule has 0 aliphatic carbocycles. The molecule has 2 N–H and O–H groups in total. The highest BCUT2D eigenvalue weighted by Crippen LogP contribution is 2.14. The van der Waals surface area contributed by atoms with Crippen molar-refractivity contribution in [2.75, 3.05) is 51.2 Å². The SMILES string of the molecule is CCCCCNC(=NC)NCc1ccc(N2CCN(CC)CC2)nc1.I. The summed E-state index contributed by atoms with van der Waals surface area (Å²) in [5, 5.41) is 6.71. The van der Waals surface area contributed by atoms with Gasteiger partial charge in [0.2, 0.25) is 0 Å². The molecule has 26 heavy (non-hydrogen) atoms. The van der Waals surface area contributed by atoms with E-state index in [0.717, 1.165) is 57.6 Å². The first kappa shape index (κ1) is 23.0. The number of rotatable bonds is 8. The van der Waals surface area contributed by atoms with Crippen molar-refractivity contribution in [3.8, 4) is 0 Å². The summed E-state index contributed by atoms with van der Waals surface area (Å²) in [4.78, 5) is 13.8.